The summed E-state index contributed by atoms with van der Waals surface area (Å²) in [7, 11) is 0. The summed E-state index contributed by atoms with van der Waals surface area (Å²) in [6, 6.07) is 21.5. The predicted octanol–water partition coefficient (Wildman–Crippen LogP) is 6.24. The summed E-state index contributed by atoms with van der Waals surface area (Å²) < 4.78 is 5.82. The highest BCUT2D eigenvalue weighted by Crippen LogP contribution is 2.22. The lowest BCUT2D eigenvalue weighted by atomic mass is 10.0. The number of carbonyl (C=O) groups is 2. The lowest BCUT2D eigenvalue weighted by molar-refractivity contribution is -0.143. The van der Waals surface area contributed by atoms with Gasteiger partial charge in [0.25, 0.3) is 5.91 Å². The molecule has 36 heavy (non-hydrogen) atoms. The third-order valence-corrected chi connectivity index (χ3v) is 6.71. The van der Waals surface area contributed by atoms with Crippen molar-refractivity contribution < 1.29 is 14.3 Å². The molecular weight excluding hydrogens is 495 g/mol. The molecule has 0 bridgehead atoms. The van der Waals surface area contributed by atoms with Crippen molar-refractivity contribution in [2.45, 2.75) is 52.2 Å². The van der Waals surface area contributed by atoms with Crippen LogP contribution in [0.2, 0.25) is 10.0 Å². The second-order valence-electron chi connectivity index (χ2n) is 8.87. The molecule has 0 saturated carbocycles. The second-order valence-corrected chi connectivity index (χ2v) is 9.71. The first-order valence-electron chi connectivity index (χ1n) is 12.0. The molecule has 5 nitrogen and oxygen atoms in total. The Hall–Kier alpha value is -3.02. The van der Waals surface area contributed by atoms with Gasteiger partial charge < -0.3 is 15.0 Å². The van der Waals surface area contributed by atoms with Gasteiger partial charge in [0.1, 0.15) is 11.8 Å². The van der Waals surface area contributed by atoms with E-state index in [0.717, 1.165) is 23.1 Å². The number of hydrogen-bond donors (Lipinski definition) is 1. The molecule has 1 N–H and O–H groups in total. The molecule has 0 heterocycles. The molecule has 0 fully saturated rings. The van der Waals surface area contributed by atoms with Crippen LogP contribution in [0.1, 0.15) is 37.0 Å². The van der Waals surface area contributed by atoms with E-state index in [1.807, 2.05) is 63.2 Å². The van der Waals surface area contributed by atoms with Crippen LogP contribution in [-0.4, -0.2) is 35.4 Å². The second kappa shape index (κ2) is 13.3. The van der Waals surface area contributed by atoms with E-state index in [-0.39, 0.29) is 31.0 Å². The first kappa shape index (κ1) is 27.6. The Balaban J connectivity index is 1.90. The van der Waals surface area contributed by atoms with E-state index >= 15 is 0 Å². The minimum atomic E-state index is -0.722. The van der Waals surface area contributed by atoms with Crippen LogP contribution in [0.4, 0.5) is 0 Å². The summed E-state index contributed by atoms with van der Waals surface area (Å²) in [5.74, 6) is 0.0519. The number of rotatable bonds is 11. The molecule has 0 saturated heterocycles. The first-order valence-corrected chi connectivity index (χ1v) is 12.8. The third kappa shape index (κ3) is 8.00. The number of carbonyl (C=O) groups excluding carboxylic acids is 2. The average Bonchev–Trinajstić information content (AvgIpc) is 2.88. The summed E-state index contributed by atoms with van der Waals surface area (Å²) in [5, 5.41) is 4.29. The summed E-state index contributed by atoms with van der Waals surface area (Å²) in [6.45, 7) is 5.87. The predicted molar refractivity (Wildman–Crippen MR) is 146 cm³/mol. The quantitative estimate of drug-likeness (QED) is 0.322. The van der Waals surface area contributed by atoms with Gasteiger partial charge in [-0.05, 0) is 67.3 Å². The Kier molecular flexibility index (Phi) is 10.2. The van der Waals surface area contributed by atoms with Crippen LogP contribution in [0.15, 0.2) is 72.8 Å². The van der Waals surface area contributed by atoms with Crippen LogP contribution < -0.4 is 10.1 Å². The van der Waals surface area contributed by atoms with Gasteiger partial charge in [-0.15, -0.1) is 0 Å². The number of benzene rings is 3. The molecule has 3 aromatic carbocycles. The van der Waals surface area contributed by atoms with Crippen LogP contribution in [-0.2, 0) is 22.6 Å². The number of ether oxygens (including phenoxy) is 1. The highest BCUT2D eigenvalue weighted by Gasteiger charge is 2.31. The zero-order chi connectivity index (χ0) is 26.1. The van der Waals surface area contributed by atoms with Crippen molar-refractivity contribution in [2.24, 2.45) is 0 Å². The maximum Gasteiger partial charge on any atom is 0.261 e. The van der Waals surface area contributed by atoms with Crippen molar-refractivity contribution in [1.82, 2.24) is 10.2 Å². The van der Waals surface area contributed by atoms with Gasteiger partial charge in [-0.3, -0.25) is 9.59 Å². The molecule has 0 aliphatic heterocycles. The van der Waals surface area contributed by atoms with E-state index in [4.69, 9.17) is 27.9 Å². The Labute approximate surface area is 223 Å². The zero-order valence-corrected chi connectivity index (χ0v) is 22.4. The topological polar surface area (TPSA) is 58.6 Å². The molecule has 0 spiro atoms. The molecule has 3 rings (SSSR count). The number of halogens is 2. The van der Waals surface area contributed by atoms with E-state index in [0.29, 0.717) is 22.2 Å². The number of nitrogens with zero attached hydrogens (tertiary/aromatic N) is 1. The summed E-state index contributed by atoms with van der Waals surface area (Å²) in [5.41, 5.74) is 2.68. The molecule has 2 amide bonds. The normalized spacial score (nSPS) is 12.5. The van der Waals surface area contributed by atoms with E-state index in [1.165, 1.54) is 0 Å². The van der Waals surface area contributed by atoms with E-state index < -0.39 is 6.04 Å². The van der Waals surface area contributed by atoms with Gasteiger partial charge >= 0.3 is 0 Å². The molecule has 0 aliphatic rings. The number of hydrogen-bond acceptors (Lipinski definition) is 3. The number of amides is 2. The van der Waals surface area contributed by atoms with Crippen molar-refractivity contribution in [3.8, 4) is 5.75 Å². The zero-order valence-electron chi connectivity index (χ0n) is 20.8. The Bertz CT molecular complexity index is 1150. The lowest BCUT2D eigenvalue weighted by Gasteiger charge is -2.32. The van der Waals surface area contributed by atoms with Crippen LogP contribution in [0, 0.1) is 6.92 Å². The molecule has 2 unspecified atom stereocenters. The fourth-order valence-electron chi connectivity index (χ4n) is 3.72. The molecule has 2 atom stereocenters. The van der Waals surface area contributed by atoms with Gasteiger partial charge in [0, 0.05) is 29.1 Å². The van der Waals surface area contributed by atoms with Crippen LogP contribution in [0.25, 0.3) is 0 Å². The van der Waals surface area contributed by atoms with Crippen LogP contribution in [0.5, 0.6) is 5.75 Å². The average molecular weight is 527 g/mol. The van der Waals surface area contributed by atoms with Crippen LogP contribution in [0.3, 0.4) is 0 Å². The SMILES string of the molecule is CCC(C)NC(=O)C(Cc1ccccc1)N(Cc1ccc(Cl)cc1)C(=O)COc1ccc(Cl)c(C)c1. The van der Waals surface area contributed by atoms with Crippen LogP contribution >= 0.6 is 23.2 Å². The molecule has 0 aromatic heterocycles. The Morgan fingerprint density at radius 2 is 1.67 bits per heavy atom. The third-order valence-electron chi connectivity index (χ3n) is 6.03. The lowest BCUT2D eigenvalue weighted by Crippen LogP contribution is -2.53. The van der Waals surface area contributed by atoms with Crippen molar-refractivity contribution in [2.75, 3.05) is 6.61 Å². The summed E-state index contributed by atoms with van der Waals surface area (Å²) >= 11 is 12.2. The molecule has 0 aliphatic carbocycles. The van der Waals surface area contributed by atoms with Gasteiger partial charge in [0.05, 0.1) is 0 Å². The fourth-order valence-corrected chi connectivity index (χ4v) is 3.96. The first-order chi connectivity index (χ1) is 17.3. The van der Waals surface area contributed by atoms with E-state index in [1.54, 1.807) is 35.2 Å². The molecule has 0 radical (unpaired) electrons. The monoisotopic (exact) mass is 526 g/mol. The Morgan fingerprint density at radius 1 is 0.972 bits per heavy atom. The smallest absolute Gasteiger partial charge is 0.261 e. The van der Waals surface area contributed by atoms with Crippen molar-refractivity contribution in [3.05, 3.63) is 99.5 Å². The van der Waals surface area contributed by atoms with E-state index in [2.05, 4.69) is 5.32 Å². The fraction of sp³-hybridized carbons (Fsp3) is 0.310. The molecule has 3 aromatic rings. The highest BCUT2D eigenvalue weighted by atomic mass is 35.5. The van der Waals surface area contributed by atoms with Crippen molar-refractivity contribution >= 4 is 35.0 Å². The van der Waals surface area contributed by atoms with Crippen molar-refractivity contribution in [1.29, 1.82) is 0 Å². The number of nitrogens with one attached hydrogen (secondary N) is 1. The van der Waals surface area contributed by atoms with Gasteiger partial charge in [-0.1, -0.05) is 72.6 Å². The molecule has 7 heteroatoms. The van der Waals surface area contributed by atoms with Crippen molar-refractivity contribution in [3.63, 3.8) is 0 Å². The van der Waals surface area contributed by atoms with Gasteiger partial charge in [-0.25, -0.2) is 0 Å². The maximum absolute atomic E-state index is 13.6. The van der Waals surface area contributed by atoms with Gasteiger partial charge in [0.15, 0.2) is 6.61 Å². The van der Waals surface area contributed by atoms with E-state index in [9.17, 15) is 9.59 Å². The minimum Gasteiger partial charge on any atom is -0.484 e. The number of aryl methyl sites for hydroxylation is 1. The highest BCUT2D eigenvalue weighted by molar-refractivity contribution is 6.31. The molecule has 190 valence electrons. The summed E-state index contributed by atoms with van der Waals surface area (Å²) in [6.07, 6.45) is 1.16. The standard InChI is InChI=1S/C29H32Cl2N2O3/c1-4-21(3)32-29(35)27(17-22-8-6-5-7-9-22)33(18-23-10-12-24(30)13-11-23)28(34)19-36-25-14-15-26(31)20(2)16-25/h5-16,21,27H,4,17-19H2,1-3H3,(H,32,35). The minimum absolute atomic E-state index is 0.0171. The van der Waals surface area contributed by atoms with Gasteiger partial charge in [-0.2, -0.15) is 0 Å². The van der Waals surface area contributed by atoms with Gasteiger partial charge in [0.2, 0.25) is 5.91 Å². The summed E-state index contributed by atoms with van der Waals surface area (Å²) in [4.78, 5) is 28.7. The maximum atomic E-state index is 13.6. The molecular formula is C29H32Cl2N2O3. The Morgan fingerprint density at radius 3 is 2.31 bits per heavy atom. The largest absolute Gasteiger partial charge is 0.484 e.